The lowest BCUT2D eigenvalue weighted by molar-refractivity contribution is -0.125. The zero-order valence-electron chi connectivity index (χ0n) is 8.01. The van der Waals surface area contributed by atoms with E-state index in [4.69, 9.17) is 9.15 Å². The van der Waals surface area contributed by atoms with Crippen LogP contribution in [0.25, 0.3) is 0 Å². The van der Waals surface area contributed by atoms with Crippen LogP contribution >= 0.6 is 0 Å². The van der Waals surface area contributed by atoms with Crippen LogP contribution in [0.3, 0.4) is 0 Å². The van der Waals surface area contributed by atoms with E-state index >= 15 is 0 Å². The summed E-state index contributed by atoms with van der Waals surface area (Å²) in [6.45, 7) is 0. The highest BCUT2D eigenvalue weighted by Gasteiger charge is 2.24. The van der Waals surface area contributed by atoms with E-state index in [0.717, 1.165) is 0 Å². The molecule has 0 saturated carbocycles. The molecule has 0 saturated heterocycles. The Morgan fingerprint density at radius 3 is 2.93 bits per heavy atom. The van der Waals surface area contributed by atoms with Gasteiger partial charge < -0.3 is 9.15 Å². The molecule has 2 heterocycles. The first-order chi connectivity index (χ1) is 7.27. The molecule has 1 unspecified atom stereocenters. The topological polar surface area (TPSA) is 56.5 Å². The van der Waals surface area contributed by atoms with Crippen molar-refractivity contribution in [1.29, 1.82) is 0 Å². The van der Waals surface area contributed by atoms with E-state index < -0.39 is 6.10 Å². The van der Waals surface area contributed by atoms with Crippen molar-refractivity contribution < 1.29 is 18.7 Å². The number of rotatable bonds is 4. The Kier molecular flexibility index (Phi) is 2.67. The van der Waals surface area contributed by atoms with Crippen molar-refractivity contribution in [3.63, 3.8) is 0 Å². The Labute approximate surface area is 86.5 Å². The van der Waals surface area contributed by atoms with Crippen LogP contribution in [0.5, 0.6) is 0 Å². The van der Waals surface area contributed by atoms with Crippen molar-refractivity contribution in [3.8, 4) is 0 Å². The van der Waals surface area contributed by atoms with Crippen LogP contribution < -0.4 is 0 Å². The fourth-order valence-electron chi connectivity index (χ4n) is 1.39. The minimum Gasteiger partial charge on any atom is -0.490 e. The molecule has 0 amide bonds. The summed E-state index contributed by atoms with van der Waals surface area (Å²) in [4.78, 5) is 23.0. The number of ketones is 2. The number of ether oxygens (including phenoxy) is 1. The van der Waals surface area contributed by atoms with Crippen LogP contribution in [0, 0.1) is 0 Å². The lowest BCUT2D eigenvalue weighted by Crippen LogP contribution is -2.22. The molecule has 4 nitrogen and oxygen atoms in total. The predicted octanol–water partition coefficient (Wildman–Crippen LogP) is 1.72. The van der Waals surface area contributed by atoms with Gasteiger partial charge in [0.1, 0.15) is 0 Å². The molecule has 4 heteroatoms. The number of hydrogen-bond donors (Lipinski definition) is 0. The van der Waals surface area contributed by atoms with E-state index in [1.54, 1.807) is 18.2 Å². The summed E-state index contributed by atoms with van der Waals surface area (Å²) in [6.07, 6.45) is 4.54. The quantitative estimate of drug-likeness (QED) is 0.556. The molecule has 2 rings (SSSR count). The monoisotopic (exact) mass is 206 g/mol. The summed E-state index contributed by atoms with van der Waals surface area (Å²) >= 11 is 0. The van der Waals surface area contributed by atoms with Crippen LogP contribution in [0.15, 0.2) is 35.2 Å². The zero-order valence-corrected chi connectivity index (χ0v) is 8.01. The lowest BCUT2D eigenvalue weighted by Gasteiger charge is -2.06. The number of carbonyl (C=O) groups excluding carboxylic acids is 2. The minimum atomic E-state index is -0.496. The van der Waals surface area contributed by atoms with Crippen LogP contribution in [0.1, 0.15) is 23.4 Å². The Morgan fingerprint density at radius 1 is 1.47 bits per heavy atom. The third-order valence-corrected chi connectivity index (χ3v) is 2.18. The van der Waals surface area contributed by atoms with E-state index in [1.807, 2.05) is 0 Å². The highest BCUT2D eigenvalue weighted by Crippen LogP contribution is 2.13. The first kappa shape index (κ1) is 9.71. The minimum absolute atomic E-state index is 0.167. The molecule has 1 aliphatic heterocycles. The number of Topliss-reactive ketones (excluding diaryl/α,β-unsaturated/α-hetero) is 2. The van der Waals surface area contributed by atoms with Crippen molar-refractivity contribution in [3.05, 3.63) is 36.5 Å². The largest absolute Gasteiger partial charge is 0.490 e. The molecule has 1 aliphatic rings. The van der Waals surface area contributed by atoms with Gasteiger partial charge in [-0.05, 0) is 18.2 Å². The van der Waals surface area contributed by atoms with Crippen LogP contribution in [-0.2, 0) is 9.53 Å². The average molecular weight is 206 g/mol. The second-order valence-electron chi connectivity index (χ2n) is 3.28. The molecule has 0 N–H and O–H groups in total. The van der Waals surface area contributed by atoms with Crippen molar-refractivity contribution in [2.75, 3.05) is 0 Å². The SMILES string of the molecule is O=C(CC(=O)C1CC=CO1)c1ccco1. The van der Waals surface area contributed by atoms with Gasteiger partial charge in [0.15, 0.2) is 17.6 Å². The molecular formula is C11H10O4. The van der Waals surface area contributed by atoms with Gasteiger partial charge in [-0.1, -0.05) is 0 Å². The van der Waals surface area contributed by atoms with E-state index in [1.165, 1.54) is 12.5 Å². The maximum Gasteiger partial charge on any atom is 0.205 e. The molecule has 0 fully saturated rings. The number of hydrogen-bond acceptors (Lipinski definition) is 4. The zero-order chi connectivity index (χ0) is 10.7. The van der Waals surface area contributed by atoms with Gasteiger partial charge >= 0.3 is 0 Å². The van der Waals surface area contributed by atoms with Gasteiger partial charge in [-0.2, -0.15) is 0 Å². The average Bonchev–Trinajstić information content (AvgIpc) is 2.91. The van der Waals surface area contributed by atoms with Gasteiger partial charge in [-0.15, -0.1) is 0 Å². The van der Waals surface area contributed by atoms with Gasteiger partial charge in [0.05, 0.1) is 18.9 Å². The molecule has 1 aromatic heterocycles. The third-order valence-electron chi connectivity index (χ3n) is 2.18. The summed E-state index contributed by atoms with van der Waals surface area (Å²) in [7, 11) is 0. The third kappa shape index (κ3) is 2.15. The molecule has 0 radical (unpaired) electrons. The molecule has 1 aromatic rings. The van der Waals surface area contributed by atoms with Crippen molar-refractivity contribution in [2.45, 2.75) is 18.9 Å². The maximum atomic E-state index is 11.5. The molecular weight excluding hydrogens is 196 g/mol. The lowest BCUT2D eigenvalue weighted by atomic mass is 10.1. The first-order valence-corrected chi connectivity index (χ1v) is 4.67. The van der Waals surface area contributed by atoms with Gasteiger partial charge in [0.2, 0.25) is 5.78 Å². The van der Waals surface area contributed by atoms with Crippen molar-refractivity contribution >= 4 is 11.6 Å². The Morgan fingerprint density at radius 2 is 2.33 bits per heavy atom. The van der Waals surface area contributed by atoms with E-state index in [2.05, 4.69) is 0 Å². The second kappa shape index (κ2) is 4.13. The maximum absolute atomic E-state index is 11.5. The summed E-state index contributed by atoms with van der Waals surface area (Å²) in [6, 6.07) is 3.16. The highest BCUT2D eigenvalue weighted by atomic mass is 16.5. The molecule has 0 aliphatic carbocycles. The summed E-state index contributed by atoms with van der Waals surface area (Å²) in [5.74, 6) is -0.295. The van der Waals surface area contributed by atoms with Gasteiger partial charge in [0.25, 0.3) is 0 Å². The number of carbonyl (C=O) groups is 2. The Balaban J connectivity index is 1.92. The number of furan rings is 1. The van der Waals surface area contributed by atoms with E-state index in [9.17, 15) is 9.59 Å². The molecule has 1 atom stereocenters. The summed E-state index contributed by atoms with van der Waals surface area (Å²) < 4.78 is 9.92. The van der Waals surface area contributed by atoms with E-state index in [0.29, 0.717) is 6.42 Å². The fraction of sp³-hybridized carbons (Fsp3) is 0.273. The summed E-state index contributed by atoms with van der Waals surface area (Å²) in [5, 5.41) is 0. The smallest absolute Gasteiger partial charge is 0.205 e. The first-order valence-electron chi connectivity index (χ1n) is 4.67. The molecule has 78 valence electrons. The van der Waals surface area contributed by atoms with Crippen molar-refractivity contribution in [1.82, 2.24) is 0 Å². The van der Waals surface area contributed by atoms with E-state index in [-0.39, 0.29) is 23.7 Å². The Bertz CT molecular complexity index is 381. The fourth-order valence-corrected chi connectivity index (χ4v) is 1.39. The standard InChI is InChI=1S/C11H10O4/c12-8(10-3-1-5-14-10)7-9(13)11-4-2-6-15-11/h1-3,5-6,11H,4,7H2. The van der Waals surface area contributed by atoms with Crippen LogP contribution in [0.4, 0.5) is 0 Å². The van der Waals surface area contributed by atoms with Gasteiger partial charge in [0, 0.05) is 6.42 Å². The van der Waals surface area contributed by atoms with Gasteiger partial charge in [-0.25, -0.2) is 0 Å². The molecule has 0 bridgehead atoms. The van der Waals surface area contributed by atoms with Gasteiger partial charge in [-0.3, -0.25) is 9.59 Å². The van der Waals surface area contributed by atoms with Crippen LogP contribution in [-0.4, -0.2) is 17.7 Å². The normalized spacial score (nSPS) is 18.8. The second-order valence-corrected chi connectivity index (χ2v) is 3.28. The predicted molar refractivity (Wildman–Crippen MR) is 51.3 cm³/mol. The molecule has 0 aromatic carbocycles. The van der Waals surface area contributed by atoms with Crippen LogP contribution in [0.2, 0.25) is 0 Å². The molecule has 15 heavy (non-hydrogen) atoms. The highest BCUT2D eigenvalue weighted by molar-refractivity contribution is 6.07. The summed E-state index contributed by atoms with van der Waals surface area (Å²) in [5.41, 5.74) is 0. The Hall–Kier alpha value is -1.84. The van der Waals surface area contributed by atoms with Crippen molar-refractivity contribution in [2.24, 2.45) is 0 Å². The molecule has 0 spiro atoms.